The first-order valence-electron chi connectivity index (χ1n) is 6.98. The van der Waals surface area contributed by atoms with Crippen molar-refractivity contribution >= 4 is 11.7 Å². The fourth-order valence-electron chi connectivity index (χ4n) is 1.91. The van der Waals surface area contributed by atoms with E-state index in [0.29, 0.717) is 31.1 Å². The molecule has 0 spiro atoms. The zero-order valence-electron chi connectivity index (χ0n) is 12.6. The van der Waals surface area contributed by atoms with Crippen molar-refractivity contribution in [1.82, 2.24) is 25.3 Å². The Morgan fingerprint density at radius 3 is 2.62 bits per heavy atom. The zero-order valence-corrected chi connectivity index (χ0v) is 12.6. The summed E-state index contributed by atoms with van der Waals surface area (Å²) < 4.78 is 1.76. The molecule has 2 N–H and O–H groups in total. The first-order valence-corrected chi connectivity index (χ1v) is 6.98. The number of hydrogen-bond donors (Lipinski definition) is 2. The molecule has 0 fully saturated rings. The number of aryl methyl sites for hydroxylation is 2. The van der Waals surface area contributed by atoms with Crippen LogP contribution in [-0.4, -0.2) is 39.0 Å². The summed E-state index contributed by atoms with van der Waals surface area (Å²) in [5.74, 6) is 1.40. The number of amides is 1. The van der Waals surface area contributed by atoms with Crippen molar-refractivity contribution in [3.05, 3.63) is 29.6 Å². The highest BCUT2D eigenvalue weighted by atomic mass is 16.1. The summed E-state index contributed by atoms with van der Waals surface area (Å²) in [4.78, 5) is 11.1. The highest BCUT2D eigenvalue weighted by Crippen LogP contribution is 2.10. The van der Waals surface area contributed by atoms with Gasteiger partial charge in [-0.25, -0.2) is 4.68 Å². The van der Waals surface area contributed by atoms with Crippen molar-refractivity contribution in [3.63, 3.8) is 0 Å². The van der Waals surface area contributed by atoms with Crippen molar-refractivity contribution in [1.29, 1.82) is 0 Å². The van der Waals surface area contributed by atoms with E-state index in [1.165, 1.54) is 0 Å². The smallest absolute Gasteiger partial charge is 0.219 e. The van der Waals surface area contributed by atoms with Crippen molar-refractivity contribution < 1.29 is 4.79 Å². The Kier molecular flexibility index (Phi) is 4.86. The molecule has 0 bridgehead atoms. The van der Waals surface area contributed by atoms with Gasteiger partial charge in [-0.1, -0.05) is 6.92 Å². The molecule has 21 heavy (non-hydrogen) atoms. The molecule has 0 saturated carbocycles. The fourth-order valence-corrected chi connectivity index (χ4v) is 1.91. The Labute approximate surface area is 123 Å². The first-order chi connectivity index (χ1) is 10.1. The van der Waals surface area contributed by atoms with Crippen molar-refractivity contribution in [2.75, 3.05) is 18.4 Å². The third-order valence-electron chi connectivity index (χ3n) is 2.95. The Morgan fingerprint density at radius 2 is 2.05 bits per heavy atom. The van der Waals surface area contributed by atoms with Crippen LogP contribution >= 0.6 is 0 Å². The molecule has 0 aliphatic rings. The third kappa shape index (κ3) is 4.01. The van der Waals surface area contributed by atoms with Crippen LogP contribution in [0.3, 0.4) is 0 Å². The minimum atomic E-state index is 0.0442. The van der Waals surface area contributed by atoms with Crippen LogP contribution < -0.4 is 10.6 Å². The van der Waals surface area contributed by atoms with Crippen LogP contribution in [0, 0.1) is 13.8 Å². The van der Waals surface area contributed by atoms with Gasteiger partial charge in [-0.3, -0.25) is 4.79 Å². The van der Waals surface area contributed by atoms with Gasteiger partial charge in [0.05, 0.1) is 5.69 Å². The normalized spacial score (nSPS) is 10.4. The monoisotopic (exact) mass is 288 g/mol. The second-order valence-electron chi connectivity index (χ2n) is 4.75. The fraction of sp³-hybridized carbons (Fsp3) is 0.429. The summed E-state index contributed by atoms with van der Waals surface area (Å²) in [7, 11) is 0. The van der Waals surface area contributed by atoms with Gasteiger partial charge in [0.2, 0.25) is 5.91 Å². The van der Waals surface area contributed by atoms with Crippen molar-refractivity contribution in [2.45, 2.75) is 27.2 Å². The molecule has 0 unspecified atom stereocenters. The second kappa shape index (κ2) is 6.83. The molecule has 2 heterocycles. The minimum absolute atomic E-state index is 0.0442. The van der Waals surface area contributed by atoms with Crippen LogP contribution in [0.25, 0.3) is 5.82 Å². The van der Waals surface area contributed by atoms with Gasteiger partial charge in [-0.05, 0) is 32.0 Å². The summed E-state index contributed by atoms with van der Waals surface area (Å²) in [6.45, 7) is 6.92. The molecule has 0 atom stereocenters. The molecule has 7 nitrogen and oxygen atoms in total. The van der Waals surface area contributed by atoms with Gasteiger partial charge in [0, 0.05) is 25.2 Å². The van der Waals surface area contributed by atoms with Crippen LogP contribution in [-0.2, 0) is 4.79 Å². The predicted octanol–water partition coefficient (Wildman–Crippen LogP) is 1.22. The average Bonchev–Trinajstić information content (AvgIpc) is 2.82. The summed E-state index contributed by atoms with van der Waals surface area (Å²) >= 11 is 0. The van der Waals surface area contributed by atoms with Gasteiger partial charge in [0.15, 0.2) is 5.82 Å². The predicted molar refractivity (Wildman–Crippen MR) is 80.4 cm³/mol. The number of aromatic nitrogens is 4. The molecule has 2 aromatic rings. The SMILES string of the molecule is CCC(=O)NCCNc1ccc(-n2nc(C)cc2C)nn1. The Balaban J connectivity index is 1.90. The van der Waals surface area contributed by atoms with E-state index in [4.69, 9.17) is 0 Å². The molecule has 2 rings (SSSR count). The number of anilines is 1. The molecule has 0 saturated heterocycles. The summed E-state index contributed by atoms with van der Waals surface area (Å²) in [6, 6.07) is 5.70. The lowest BCUT2D eigenvalue weighted by Gasteiger charge is -2.07. The summed E-state index contributed by atoms with van der Waals surface area (Å²) in [5.41, 5.74) is 1.97. The minimum Gasteiger partial charge on any atom is -0.367 e. The van der Waals surface area contributed by atoms with Gasteiger partial charge in [0.25, 0.3) is 0 Å². The molecular weight excluding hydrogens is 268 g/mol. The Bertz CT molecular complexity index is 604. The molecular formula is C14H20N6O. The maximum atomic E-state index is 11.1. The molecule has 0 aliphatic heterocycles. The van der Waals surface area contributed by atoms with Gasteiger partial charge >= 0.3 is 0 Å². The van der Waals surface area contributed by atoms with Crippen LogP contribution in [0.1, 0.15) is 24.7 Å². The summed E-state index contributed by atoms with van der Waals surface area (Å²) in [6.07, 6.45) is 0.497. The number of nitrogens with zero attached hydrogens (tertiary/aromatic N) is 4. The van der Waals surface area contributed by atoms with Crippen LogP contribution in [0.4, 0.5) is 5.82 Å². The molecule has 112 valence electrons. The van der Waals surface area contributed by atoms with E-state index in [0.717, 1.165) is 11.4 Å². The number of hydrogen-bond acceptors (Lipinski definition) is 5. The van der Waals surface area contributed by atoms with Crippen molar-refractivity contribution in [2.24, 2.45) is 0 Å². The van der Waals surface area contributed by atoms with E-state index in [-0.39, 0.29) is 5.91 Å². The highest BCUT2D eigenvalue weighted by molar-refractivity contribution is 5.75. The molecule has 0 aliphatic carbocycles. The third-order valence-corrected chi connectivity index (χ3v) is 2.95. The van der Waals surface area contributed by atoms with Gasteiger partial charge in [-0.15, -0.1) is 10.2 Å². The van der Waals surface area contributed by atoms with E-state index in [9.17, 15) is 4.79 Å². The van der Waals surface area contributed by atoms with E-state index in [1.807, 2.05) is 39.0 Å². The zero-order chi connectivity index (χ0) is 15.2. The Hall–Kier alpha value is -2.44. The number of carbonyl (C=O) groups is 1. The van der Waals surface area contributed by atoms with Crippen LogP contribution in [0.15, 0.2) is 18.2 Å². The van der Waals surface area contributed by atoms with Crippen LogP contribution in [0.2, 0.25) is 0 Å². The largest absolute Gasteiger partial charge is 0.367 e. The molecule has 0 radical (unpaired) electrons. The van der Waals surface area contributed by atoms with Gasteiger partial charge < -0.3 is 10.6 Å². The van der Waals surface area contributed by atoms with E-state index in [2.05, 4.69) is 25.9 Å². The molecule has 0 aromatic carbocycles. The topological polar surface area (TPSA) is 84.7 Å². The van der Waals surface area contributed by atoms with E-state index < -0.39 is 0 Å². The number of nitrogens with one attached hydrogen (secondary N) is 2. The standard InChI is InChI=1S/C14H20N6O/c1-4-14(21)16-8-7-15-12-5-6-13(18-17-12)20-11(3)9-10(2)19-20/h5-6,9H,4,7-8H2,1-3H3,(H,15,17)(H,16,21). The second-order valence-corrected chi connectivity index (χ2v) is 4.75. The Morgan fingerprint density at radius 1 is 1.24 bits per heavy atom. The maximum absolute atomic E-state index is 11.1. The number of carbonyl (C=O) groups excluding carboxylic acids is 1. The molecule has 2 aromatic heterocycles. The van der Waals surface area contributed by atoms with E-state index in [1.54, 1.807) is 4.68 Å². The van der Waals surface area contributed by atoms with Gasteiger partial charge in [-0.2, -0.15) is 5.10 Å². The van der Waals surface area contributed by atoms with Gasteiger partial charge in [0.1, 0.15) is 5.82 Å². The lowest BCUT2D eigenvalue weighted by molar-refractivity contribution is -0.120. The lowest BCUT2D eigenvalue weighted by atomic mass is 10.4. The van der Waals surface area contributed by atoms with Crippen molar-refractivity contribution in [3.8, 4) is 5.82 Å². The first kappa shape index (κ1) is 15.0. The van der Waals surface area contributed by atoms with Crippen LogP contribution in [0.5, 0.6) is 0 Å². The number of rotatable bonds is 6. The summed E-state index contributed by atoms with van der Waals surface area (Å²) in [5, 5.41) is 18.5. The average molecular weight is 288 g/mol. The lowest BCUT2D eigenvalue weighted by Crippen LogP contribution is -2.28. The maximum Gasteiger partial charge on any atom is 0.219 e. The molecule has 1 amide bonds. The van der Waals surface area contributed by atoms with E-state index >= 15 is 0 Å². The quantitative estimate of drug-likeness (QED) is 0.781. The molecule has 7 heteroatoms. The highest BCUT2D eigenvalue weighted by Gasteiger charge is 2.05.